The average molecular weight is 324 g/mol. The SMILES string of the molecule is Cc1onc(NC(=O)OC(C)(C)C)c1I. The van der Waals surface area contributed by atoms with E-state index in [1.54, 1.807) is 27.7 Å². The van der Waals surface area contributed by atoms with Gasteiger partial charge in [-0.1, -0.05) is 5.16 Å². The molecule has 0 fully saturated rings. The predicted octanol–water partition coefficient (Wildman–Crippen LogP) is 2.93. The molecule has 0 unspecified atom stereocenters. The quantitative estimate of drug-likeness (QED) is 0.807. The average Bonchev–Trinajstić information content (AvgIpc) is 2.32. The minimum absolute atomic E-state index is 0.391. The second-order valence-electron chi connectivity index (χ2n) is 4.03. The van der Waals surface area contributed by atoms with Gasteiger partial charge in [0, 0.05) is 0 Å². The Morgan fingerprint density at radius 2 is 2.13 bits per heavy atom. The Morgan fingerprint density at radius 3 is 2.53 bits per heavy atom. The lowest BCUT2D eigenvalue weighted by Gasteiger charge is -2.18. The van der Waals surface area contributed by atoms with Gasteiger partial charge in [-0.3, -0.25) is 5.32 Å². The van der Waals surface area contributed by atoms with E-state index in [-0.39, 0.29) is 0 Å². The van der Waals surface area contributed by atoms with E-state index in [0.29, 0.717) is 11.6 Å². The van der Waals surface area contributed by atoms with Gasteiger partial charge in [0.05, 0.1) is 0 Å². The molecule has 0 aromatic carbocycles. The standard InChI is InChI=1S/C9H13IN2O3/c1-5-6(10)7(12-15-5)11-8(13)14-9(2,3)4/h1-4H3,(H,11,12,13). The summed E-state index contributed by atoms with van der Waals surface area (Å²) in [6.45, 7) is 7.16. The number of hydrogen-bond donors (Lipinski definition) is 1. The van der Waals surface area contributed by atoms with Crippen molar-refractivity contribution in [2.24, 2.45) is 0 Å². The molecule has 5 nitrogen and oxygen atoms in total. The van der Waals surface area contributed by atoms with Crippen LogP contribution in [0.4, 0.5) is 10.6 Å². The highest BCUT2D eigenvalue weighted by Crippen LogP contribution is 2.20. The van der Waals surface area contributed by atoms with Crippen molar-refractivity contribution in [2.45, 2.75) is 33.3 Å². The maximum Gasteiger partial charge on any atom is 0.413 e. The molecule has 0 saturated carbocycles. The van der Waals surface area contributed by atoms with E-state index >= 15 is 0 Å². The minimum atomic E-state index is -0.534. The van der Waals surface area contributed by atoms with Gasteiger partial charge >= 0.3 is 6.09 Å². The van der Waals surface area contributed by atoms with Crippen LogP contribution in [-0.4, -0.2) is 16.9 Å². The van der Waals surface area contributed by atoms with Crippen LogP contribution in [0, 0.1) is 10.5 Å². The molecule has 1 aromatic heterocycles. The molecule has 1 heterocycles. The summed E-state index contributed by atoms with van der Waals surface area (Å²) in [5.41, 5.74) is -0.520. The van der Waals surface area contributed by atoms with Crippen LogP contribution < -0.4 is 5.32 Å². The Kier molecular flexibility index (Phi) is 3.58. The number of halogens is 1. The van der Waals surface area contributed by atoms with Crippen molar-refractivity contribution in [2.75, 3.05) is 5.32 Å². The molecule has 0 aliphatic heterocycles. The van der Waals surface area contributed by atoms with Gasteiger partial charge in [-0.25, -0.2) is 4.79 Å². The molecule has 84 valence electrons. The largest absolute Gasteiger partial charge is 0.444 e. The van der Waals surface area contributed by atoms with Crippen LogP contribution in [0.3, 0.4) is 0 Å². The highest BCUT2D eigenvalue weighted by atomic mass is 127. The Balaban J connectivity index is 2.63. The molecule has 0 aliphatic carbocycles. The maximum absolute atomic E-state index is 11.4. The molecule has 1 amide bonds. The number of ether oxygens (including phenoxy) is 1. The Bertz CT molecular complexity index is 368. The number of nitrogens with one attached hydrogen (secondary N) is 1. The van der Waals surface area contributed by atoms with Gasteiger partial charge in [-0.2, -0.15) is 0 Å². The predicted molar refractivity (Wildman–Crippen MR) is 63.8 cm³/mol. The first-order chi connectivity index (χ1) is 6.79. The molecule has 0 saturated heterocycles. The van der Waals surface area contributed by atoms with E-state index in [0.717, 1.165) is 3.57 Å². The van der Waals surface area contributed by atoms with Gasteiger partial charge in [-0.15, -0.1) is 0 Å². The third-order valence-electron chi connectivity index (χ3n) is 1.41. The van der Waals surface area contributed by atoms with Crippen molar-refractivity contribution in [1.29, 1.82) is 0 Å². The summed E-state index contributed by atoms with van der Waals surface area (Å²) in [7, 11) is 0. The zero-order valence-corrected chi connectivity index (χ0v) is 11.2. The number of rotatable bonds is 1. The summed E-state index contributed by atoms with van der Waals surface area (Å²) in [6, 6.07) is 0. The van der Waals surface area contributed by atoms with Crippen LogP contribution >= 0.6 is 22.6 Å². The lowest BCUT2D eigenvalue weighted by atomic mass is 10.2. The Morgan fingerprint density at radius 1 is 1.53 bits per heavy atom. The van der Waals surface area contributed by atoms with Crippen molar-refractivity contribution in [3.8, 4) is 0 Å². The fourth-order valence-electron chi connectivity index (χ4n) is 0.839. The molecule has 0 radical (unpaired) electrons. The number of carbonyl (C=O) groups excluding carboxylic acids is 1. The zero-order valence-electron chi connectivity index (χ0n) is 9.05. The highest BCUT2D eigenvalue weighted by molar-refractivity contribution is 14.1. The van der Waals surface area contributed by atoms with Crippen LogP contribution in [-0.2, 0) is 4.74 Å². The number of hydrogen-bond acceptors (Lipinski definition) is 4. The number of aromatic nitrogens is 1. The fraction of sp³-hybridized carbons (Fsp3) is 0.556. The van der Waals surface area contributed by atoms with E-state index in [4.69, 9.17) is 9.26 Å². The van der Waals surface area contributed by atoms with Gasteiger partial charge in [0.15, 0.2) is 5.82 Å². The number of nitrogens with zero attached hydrogens (tertiary/aromatic N) is 1. The van der Waals surface area contributed by atoms with Crippen LogP contribution in [0.2, 0.25) is 0 Å². The molecule has 1 rings (SSSR count). The number of carbonyl (C=O) groups is 1. The summed E-state index contributed by atoms with van der Waals surface area (Å²) >= 11 is 2.04. The highest BCUT2D eigenvalue weighted by Gasteiger charge is 2.19. The van der Waals surface area contributed by atoms with E-state index in [9.17, 15) is 4.79 Å². The first-order valence-electron chi connectivity index (χ1n) is 4.41. The van der Waals surface area contributed by atoms with Gasteiger partial charge in [0.1, 0.15) is 14.9 Å². The van der Waals surface area contributed by atoms with Crippen molar-refractivity contribution >= 4 is 34.5 Å². The van der Waals surface area contributed by atoms with Crippen LogP contribution in [0.15, 0.2) is 4.52 Å². The summed E-state index contributed by atoms with van der Waals surface area (Å²) < 4.78 is 10.7. The first kappa shape index (κ1) is 12.3. The summed E-state index contributed by atoms with van der Waals surface area (Å²) in [6.07, 6.45) is -0.534. The maximum atomic E-state index is 11.4. The van der Waals surface area contributed by atoms with Crippen LogP contribution in [0.25, 0.3) is 0 Å². The lowest BCUT2D eigenvalue weighted by molar-refractivity contribution is 0.0634. The second kappa shape index (κ2) is 4.38. The summed E-state index contributed by atoms with van der Waals surface area (Å²) in [5.74, 6) is 1.06. The lowest BCUT2D eigenvalue weighted by Crippen LogP contribution is -2.27. The van der Waals surface area contributed by atoms with E-state index in [1.165, 1.54) is 0 Å². The van der Waals surface area contributed by atoms with Crippen molar-refractivity contribution in [3.05, 3.63) is 9.33 Å². The van der Waals surface area contributed by atoms with E-state index in [2.05, 4.69) is 10.5 Å². The third kappa shape index (κ3) is 3.69. The molecule has 1 N–H and O–H groups in total. The molecule has 6 heteroatoms. The fourth-order valence-corrected chi connectivity index (χ4v) is 1.17. The molecule has 0 spiro atoms. The third-order valence-corrected chi connectivity index (χ3v) is 2.68. The molecule has 0 bridgehead atoms. The number of amides is 1. The van der Waals surface area contributed by atoms with Gasteiger partial charge < -0.3 is 9.26 Å². The molecule has 15 heavy (non-hydrogen) atoms. The number of anilines is 1. The smallest absolute Gasteiger partial charge is 0.413 e. The molecular formula is C9H13IN2O3. The first-order valence-corrected chi connectivity index (χ1v) is 5.49. The van der Waals surface area contributed by atoms with E-state index < -0.39 is 11.7 Å². The Hall–Kier alpha value is -0.790. The molecular weight excluding hydrogens is 311 g/mol. The van der Waals surface area contributed by atoms with Gasteiger partial charge in [0.2, 0.25) is 0 Å². The molecule has 1 aromatic rings. The van der Waals surface area contributed by atoms with Gasteiger partial charge in [0.25, 0.3) is 0 Å². The second-order valence-corrected chi connectivity index (χ2v) is 5.11. The minimum Gasteiger partial charge on any atom is -0.444 e. The van der Waals surface area contributed by atoms with Crippen molar-refractivity contribution in [3.63, 3.8) is 0 Å². The summed E-state index contributed by atoms with van der Waals surface area (Å²) in [5, 5.41) is 6.20. The molecule has 0 aliphatic rings. The normalized spacial score (nSPS) is 11.3. The van der Waals surface area contributed by atoms with Crippen molar-refractivity contribution < 1.29 is 14.1 Å². The van der Waals surface area contributed by atoms with Crippen LogP contribution in [0.5, 0.6) is 0 Å². The number of aryl methyl sites for hydroxylation is 1. The van der Waals surface area contributed by atoms with Gasteiger partial charge in [-0.05, 0) is 50.3 Å². The monoisotopic (exact) mass is 324 g/mol. The summed E-state index contributed by atoms with van der Waals surface area (Å²) in [4.78, 5) is 11.4. The van der Waals surface area contributed by atoms with Crippen LogP contribution in [0.1, 0.15) is 26.5 Å². The van der Waals surface area contributed by atoms with Crippen molar-refractivity contribution in [1.82, 2.24) is 5.16 Å². The molecule has 0 atom stereocenters. The topological polar surface area (TPSA) is 64.4 Å². The van der Waals surface area contributed by atoms with E-state index in [1.807, 2.05) is 22.6 Å². The Labute approximate surface area is 102 Å². The zero-order chi connectivity index (χ0) is 11.6.